The van der Waals surface area contributed by atoms with Crippen LogP contribution in [0.15, 0.2) is 0 Å². The number of hydrogen-bond donors (Lipinski definition) is 0. The van der Waals surface area contributed by atoms with Gasteiger partial charge in [-0.15, -0.1) is 5.10 Å². The quantitative estimate of drug-likeness (QED) is 0.640. The zero-order valence-corrected chi connectivity index (χ0v) is 6.48. The Balaban J connectivity index is 2.82. The molecule has 1 rings (SSSR count). The summed E-state index contributed by atoms with van der Waals surface area (Å²) in [5.41, 5.74) is 0.964. The highest BCUT2D eigenvalue weighted by molar-refractivity contribution is 7.05. The molecule has 0 saturated carbocycles. The maximum atomic E-state index is 8.36. The van der Waals surface area contributed by atoms with E-state index in [0.29, 0.717) is 6.42 Å². The monoisotopic (exact) mass is 153 g/mol. The lowest BCUT2D eigenvalue weighted by Crippen LogP contribution is -1.86. The molecule has 0 N–H and O–H groups in total. The third kappa shape index (κ3) is 1.31. The van der Waals surface area contributed by atoms with E-state index < -0.39 is 0 Å². The molecule has 0 atom stereocenters. The molecule has 0 aromatic carbocycles. The molecule has 1 heterocycles. The maximum Gasteiger partial charge on any atom is 0.0795 e. The lowest BCUT2D eigenvalue weighted by atomic mass is 10.2. The van der Waals surface area contributed by atoms with E-state index in [1.165, 1.54) is 11.5 Å². The van der Waals surface area contributed by atoms with E-state index in [1.807, 2.05) is 6.92 Å². The van der Waals surface area contributed by atoms with Crippen molar-refractivity contribution in [2.75, 3.05) is 0 Å². The minimum Gasteiger partial charge on any atom is -0.198 e. The average molecular weight is 153 g/mol. The molecule has 4 heteroatoms. The number of rotatable bonds is 2. The minimum atomic E-state index is 0.445. The van der Waals surface area contributed by atoms with Crippen molar-refractivity contribution < 1.29 is 0 Å². The summed E-state index contributed by atoms with van der Waals surface area (Å²) in [5.74, 6) is 0. The van der Waals surface area contributed by atoms with Crippen LogP contribution in [0, 0.1) is 11.3 Å². The highest BCUT2D eigenvalue weighted by Crippen LogP contribution is 2.10. The Morgan fingerprint density at radius 1 is 1.70 bits per heavy atom. The van der Waals surface area contributed by atoms with Crippen molar-refractivity contribution in [3.8, 4) is 6.07 Å². The molecule has 0 unspecified atom stereocenters. The van der Waals surface area contributed by atoms with Gasteiger partial charge in [-0.05, 0) is 18.0 Å². The Morgan fingerprint density at radius 2 is 2.50 bits per heavy atom. The first-order valence-electron chi connectivity index (χ1n) is 3.05. The van der Waals surface area contributed by atoms with Crippen LogP contribution in [0.1, 0.15) is 17.5 Å². The summed E-state index contributed by atoms with van der Waals surface area (Å²) in [6.45, 7) is 2.01. The SMILES string of the molecule is CCc1nnsc1CC#N. The molecule has 1 aromatic rings. The number of nitrogens with zero attached hydrogens (tertiary/aromatic N) is 3. The Bertz CT molecular complexity index is 248. The molecular weight excluding hydrogens is 146 g/mol. The van der Waals surface area contributed by atoms with Gasteiger partial charge >= 0.3 is 0 Å². The smallest absolute Gasteiger partial charge is 0.0795 e. The number of hydrogen-bond acceptors (Lipinski definition) is 4. The van der Waals surface area contributed by atoms with E-state index in [4.69, 9.17) is 5.26 Å². The lowest BCUT2D eigenvalue weighted by molar-refractivity contribution is 0.971. The molecule has 1 aromatic heterocycles. The molecule has 3 nitrogen and oxygen atoms in total. The molecule has 0 saturated heterocycles. The first kappa shape index (κ1) is 7.16. The van der Waals surface area contributed by atoms with Gasteiger partial charge in [0.2, 0.25) is 0 Å². The Labute approximate surface area is 63.5 Å². The molecule has 0 radical (unpaired) electrons. The number of aryl methyl sites for hydroxylation is 1. The summed E-state index contributed by atoms with van der Waals surface area (Å²) in [7, 11) is 0. The highest BCUT2D eigenvalue weighted by Gasteiger charge is 2.03. The van der Waals surface area contributed by atoms with Crippen LogP contribution in [-0.2, 0) is 12.8 Å². The lowest BCUT2D eigenvalue weighted by Gasteiger charge is -1.87. The second-order valence-corrected chi connectivity index (χ2v) is 2.67. The molecular formula is C6H7N3S. The van der Waals surface area contributed by atoms with Crippen LogP contribution in [0.4, 0.5) is 0 Å². The summed E-state index contributed by atoms with van der Waals surface area (Å²) >= 11 is 1.32. The molecule has 0 fully saturated rings. The Hall–Kier alpha value is -0.950. The van der Waals surface area contributed by atoms with Crippen LogP contribution in [0.25, 0.3) is 0 Å². The molecule has 0 aliphatic rings. The molecule has 0 spiro atoms. The van der Waals surface area contributed by atoms with Crippen molar-refractivity contribution in [2.45, 2.75) is 19.8 Å². The summed E-state index contributed by atoms with van der Waals surface area (Å²) in [6.07, 6.45) is 1.31. The van der Waals surface area contributed by atoms with E-state index in [-0.39, 0.29) is 0 Å². The van der Waals surface area contributed by atoms with Crippen molar-refractivity contribution >= 4 is 11.5 Å². The molecule has 10 heavy (non-hydrogen) atoms. The fourth-order valence-electron chi connectivity index (χ4n) is 0.701. The van der Waals surface area contributed by atoms with Crippen LogP contribution in [-0.4, -0.2) is 9.59 Å². The molecule has 52 valence electrons. The van der Waals surface area contributed by atoms with Gasteiger partial charge in [-0.1, -0.05) is 11.4 Å². The van der Waals surface area contributed by atoms with Crippen molar-refractivity contribution in [2.24, 2.45) is 0 Å². The van der Waals surface area contributed by atoms with Crippen molar-refractivity contribution in [3.63, 3.8) is 0 Å². The van der Waals surface area contributed by atoms with Crippen molar-refractivity contribution in [3.05, 3.63) is 10.6 Å². The standard InChI is InChI=1S/C6H7N3S/c1-2-5-6(3-4-7)10-9-8-5/h2-3H2,1H3. The Kier molecular flexibility index (Phi) is 2.35. The van der Waals surface area contributed by atoms with Gasteiger partial charge < -0.3 is 0 Å². The van der Waals surface area contributed by atoms with Gasteiger partial charge in [0.15, 0.2) is 0 Å². The topological polar surface area (TPSA) is 49.6 Å². The maximum absolute atomic E-state index is 8.36. The van der Waals surface area contributed by atoms with E-state index in [2.05, 4.69) is 15.7 Å². The summed E-state index contributed by atoms with van der Waals surface area (Å²) < 4.78 is 3.75. The Morgan fingerprint density at radius 3 is 3.10 bits per heavy atom. The second-order valence-electron chi connectivity index (χ2n) is 1.83. The van der Waals surface area contributed by atoms with Crippen LogP contribution < -0.4 is 0 Å². The van der Waals surface area contributed by atoms with Gasteiger partial charge in [0.1, 0.15) is 0 Å². The van der Waals surface area contributed by atoms with Gasteiger partial charge in [0.05, 0.1) is 23.1 Å². The number of aromatic nitrogens is 2. The molecule has 0 aliphatic carbocycles. The minimum absolute atomic E-state index is 0.445. The molecule has 0 bridgehead atoms. The van der Waals surface area contributed by atoms with Crippen molar-refractivity contribution in [1.82, 2.24) is 9.59 Å². The summed E-state index contributed by atoms with van der Waals surface area (Å²) in [4.78, 5) is 1.00. The highest BCUT2D eigenvalue weighted by atomic mass is 32.1. The van der Waals surface area contributed by atoms with Crippen LogP contribution in [0.5, 0.6) is 0 Å². The third-order valence-electron chi connectivity index (χ3n) is 1.21. The van der Waals surface area contributed by atoms with E-state index >= 15 is 0 Å². The first-order chi connectivity index (χ1) is 4.88. The van der Waals surface area contributed by atoms with Crippen LogP contribution in [0.2, 0.25) is 0 Å². The zero-order chi connectivity index (χ0) is 7.40. The van der Waals surface area contributed by atoms with Crippen molar-refractivity contribution in [1.29, 1.82) is 5.26 Å². The molecule has 0 aliphatic heterocycles. The van der Waals surface area contributed by atoms with Gasteiger partial charge in [-0.3, -0.25) is 0 Å². The third-order valence-corrected chi connectivity index (χ3v) is 1.97. The normalized spacial score (nSPS) is 9.20. The van der Waals surface area contributed by atoms with Gasteiger partial charge in [0.25, 0.3) is 0 Å². The van der Waals surface area contributed by atoms with E-state index in [0.717, 1.165) is 17.0 Å². The predicted octanol–water partition coefficient (Wildman–Crippen LogP) is 1.17. The first-order valence-corrected chi connectivity index (χ1v) is 3.83. The predicted molar refractivity (Wildman–Crippen MR) is 38.6 cm³/mol. The van der Waals surface area contributed by atoms with Crippen LogP contribution >= 0.6 is 11.5 Å². The summed E-state index contributed by atoms with van der Waals surface area (Å²) in [6, 6.07) is 2.08. The fourth-order valence-corrected chi connectivity index (χ4v) is 1.36. The van der Waals surface area contributed by atoms with Gasteiger partial charge in [0, 0.05) is 0 Å². The van der Waals surface area contributed by atoms with Gasteiger partial charge in [-0.2, -0.15) is 5.26 Å². The zero-order valence-electron chi connectivity index (χ0n) is 5.66. The number of nitriles is 1. The second kappa shape index (κ2) is 3.28. The summed E-state index contributed by atoms with van der Waals surface area (Å²) in [5, 5.41) is 12.2. The van der Waals surface area contributed by atoms with E-state index in [1.54, 1.807) is 0 Å². The van der Waals surface area contributed by atoms with Gasteiger partial charge in [-0.25, -0.2) is 0 Å². The van der Waals surface area contributed by atoms with E-state index in [9.17, 15) is 0 Å². The largest absolute Gasteiger partial charge is 0.198 e. The molecule has 0 amide bonds. The average Bonchev–Trinajstić information content (AvgIpc) is 2.36. The van der Waals surface area contributed by atoms with Crippen LogP contribution in [0.3, 0.4) is 0 Å². The fraction of sp³-hybridized carbons (Fsp3) is 0.500.